The van der Waals surface area contributed by atoms with Crippen molar-refractivity contribution in [3.8, 4) is 0 Å². The summed E-state index contributed by atoms with van der Waals surface area (Å²) in [5, 5.41) is 0. The first-order valence-electron chi connectivity index (χ1n) is 8.66. The van der Waals surface area contributed by atoms with Crippen LogP contribution in [0.5, 0.6) is 0 Å². The second kappa shape index (κ2) is 43.5. The molecule has 116 valence electrons. The molecule has 0 saturated heterocycles. The minimum absolute atomic E-state index is 1.32. The Labute approximate surface area is 120 Å². The predicted molar refractivity (Wildman–Crippen MR) is 91.6 cm³/mol. The lowest BCUT2D eigenvalue weighted by Crippen LogP contribution is -1.59. The van der Waals surface area contributed by atoms with Crippen molar-refractivity contribution in [2.24, 2.45) is 0 Å². The van der Waals surface area contributed by atoms with Crippen LogP contribution in [0.3, 0.4) is 0 Å². The van der Waals surface area contributed by atoms with Crippen LogP contribution in [0, 0.1) is 0 Å². The highest BCUT2D eigenvalue weighted by atomic mass is 13.8. The van der Waals surface area contributed by atoms with Crippen LogP contribution in [-0.2, 0) is 0 Å². The molecule has 0 aliphatic rings. The van der Waals surface area contributed by atoms with E-state index in [1.165, 1.54) is 64.2 Å². The molecule has 0 bridgehead atoms. The first kappa shape index (κ1) is 26.5. The van der Waals surface area contributed by atoms with Gasteiger partial charge in [0.1, 0.15) is 0 Å². The molecule has 0 rings (SSSR count). The van der Waals surface area contributed by atoms with Crippen molar-refractivity contribution in [1.82, 2.24) is 0 Å². The lowest BCUT2D eigenvalue weighted by molar-refractivity contribution is 0.772. The summed E-state index contributed by atoms with van der Waals surface area (Å²) in [7, 11) is 0. The van der Waals surface area contributed by atoms with Gasteiger partial charge in [0.2, 0.25) is 0 Å². The van der Waals surface area contributed by atoms with Crippen molar-refractivity contribution in [2.45, 2.75) is 120 Å². The Hall–Kier alpha value is 0. The molecule has 0 N–H and O–H groups in total. The average Bonchev–Trinajstić information content (AvgIpc) is 2.42. The fourth-order valence-corrected chi connectivity index (χ4v) is 0.707. The van der Waals surface area contributed by atoms with E-state index in [9.17, 15) is 0 Å². The van der Waals surface area contributed by atoms with E-state index in [1.54, 1.807) is 0 Å². The van der Waals surface area contributed by atoms with Crippen LogP contribution in [0.4, 0.5) is 0 Å². The Morgan fingerprint density at radius 1 is 0.278 bits per heavy atom. The summed E-state index contributed by atoms with van der Waals surface area (Å²) in [4.78, 5) is 0. The van der Waals surface area contributed by atoms with E-state index in [4.69, 9.17) is 0 Å². The van der Waals surface area contributed by atoms with Crippen LogP contribution in [-0.4, -0.2) is 0 Å². The Morgan fingerprint density at radius 3 is 0.444 bits per heavy atom. The van der Waals surface area contributed by atoms with Gasteiger partial charge in [-0.2, -0.15) is 0 Å². The molecular weight excluding hydrogens is 216 g/mol. The molecular formula is C18H44. The van der Waals surface area contributed by atoms with E-state index in [2.05, 4.69) is 55.4 Å². The molecule has 0 aromatic heterocycles. The molecule has 0 heterocycles. The first-order chi connectivity index (χ1) is 8.66. The lowest BCUT2D eigenvalue weighted by Gasteiger charge is -1.79. The highest BCUT2D eigenvalue weighted by Crippen LogP contribution is 1.88. The number of rotatable bonds is 6. The minimum Gasteiger partial charge on any atom is -0.0654 e. The van der Waals surface area contributed by atoms with Gasteiger partial charge in [-0.05, 0) is 0 Å². The van der Waals surface area contributed by atoms with Crippen LogP contribution in [0.25, 0.3) is 0 Å². The van der Waals surface area contributed by atoms with Gasteiger partial charge in [0.25, 0.3) is 0 Å². The van der Waals surface area contributed by atoms with Crippen molar-refractivity contribution < 1.29 is 0 Å². The third-order valence-corrected chi connectivity index (χ3v) is 2.41. The van der Waals surface area contributed by atoms with E-state index in [1.807, 2.05) is 0 Å². The zero-order valence-corrected chi connectivity index (χ0v) is 15.1. The van der Waals surface area contributed by atoms with E-state index < -0.39 is 0 Å². The molecule has 0 aliphatic heterocycles. The third-order valence-electron chi connectivity index (χ3n) is 2.41. The summed E-state index contributed by atoms with van der Waals surface area (Å²) in [5.74, 6) is 0. The molecule has 0 atom stereocenters. The Balaban J connectivity index is -0.0000000731. The fraction of sp³-hybridized carbons (Fsp3) is 1.00. The maximum absolute atomic E-state index is 2.21. The van der Waals surface area contributed by atoms with Gasteiger partial charge in [-0.25, -0.2) is 0 Å². The van der Waals surface area contributed by atoms with Crippen molar-refractivity contribution in [3.05, 3.63) is 0 Å². The van der Waals surface area contributed by atoms with Crippen molar-refractivity contribution >= 4 is 0 Å². The highest BCUT2D eigenvalue weighted by molar-refractivity contribution is 4.24. The molecule has 0 nitrogen and oxygen atoms in total. The van der Waals surface area contributed by atoms with Crippen LogP contribution in [0.2, 0.25) is 0 Å². The highest BCUT2D eigenvalue weighted by Gasteiger charge is 1.68. The molecule has 0 radical (unpaired) electrons. The standard InChI is InChI=1S/2C5H12.2C4H10/c2*1-3-5-4-2;2*1-3-4-2/h2*3-5H2,1-2H3;2*3-4H2,1-2H3. The van der Waals surface area contributed by atoms with Gasteiger partial charge in [0.05, 0.1) is 0 Å². The second-order valence-electron chi connectivity index (χ2n) is 4.71. The van der Waals surface area contributed by atoms with Crippen LogP contribution < -0.4 is 0 Å². The fourth-order valence-electron chi connectivity index (χ4n) is 0.707. The largest absolute Gasteiger partial charge is 0.0654 e. The molecule has 0 amide bonds. The quantitative estimate of drug-likeness (QED) is 0.453. The van der Waals surface area contributed by atoms with Gasteiger partial charge in [0, 0.05) is 0 Å². The SMILES string of the molecule is CCCC.CCCC.CCCCC.CCCCC. The van der Waals surface area contributed by atoms with Gasteiger partial charge < -0.3 is 0 Å². The second-order valence-corrected chi connectivity index (χ2v) is 4.71. The summed E-state index contributed by atoms with van der Waals surface area (Å²) in [6, 6.07) is 0. The third kappa shape index (κ3) is 100. The first-order valence-corrected chi connectivity index (χ1v) is 8.66. The van der Waals surface area contributed by atoms with Crippen molar-refractivity contribution in [2.75, 3.05) is 0 Å². The Morgan fingerprint density at radius 2 is 0.444 bits per heavy atom. The summed E-state index contributed by atoms with van der Waals surface area (Å²) in [6.07, 6.45) is 13.4. The molecule has 18 heavy (non-hydrogen) atoms. The zero-order valence-electron chi connectivity index (χ0n) is 15.1. The van der Waals surface area contributed by atoms with E-state index in [0.717, 1.165) is 0 Å². The average molecular weight is 261 g/mol. The van der Waals surface area contributed by atoms with Gasteiger partial charge >= 0.3 is 0 Å². The Bertz CT molecular complexity index is 48.4. The summed E-state index contributed by atoms with van der Waals surface area (Å²) in [5.41, 5.74) is 0. The molecule has 0 saturated carbocycles. The summed E-state index contributed by atoms with van der Waals surface area (Å²) >= 11 is 0. The van der Waals surface area contributed by atoms with Crippen molar-refractivity contribution in [1.29, 1.82) is 0 Å². The van der Waals surface area contributed by atoms with Gasteiger partial charge in [-0.15, -0.1) is 0 Å². The number of hydrogen-bond acceptors (Lipinski definition) is 0. The molecule has 0 aliphatic carbocycles. The van der Waals surface area contributed by atoms with Gasteiger partial charge in [-0.1, -0.05) is 120 Å². The van der Waals surface area contributed by atoms with Crippen LogP contribution in [0.15, 0.2) is 0 Å². The summed E-state index contributed by atoms with van der Waals surface area (Å²) in [6.45, 7) is 17.6. The number of unbranched alkanes of at least 4 members (excludes halogenated alkanes) is 6. The van der Waals surface area contributed by atoms with Gasteiger partial charge in [0.15, 0.2) is 0 Å². The monoisotopic (exact) mass is 260 g/mol. The van der Waals surface area contributed by atoms with E-state index >= 15 is 0 Å². The van der Waals surface area contributed by atoms with Crippen LogP contribution >= 0.6 is 0 Å². The molecule has 0 unspecified atom stereocenters. The van der Waals surface area contributed by atoms with E-state index in [0.29, 0.717) is 0 Å². The van der Waals surface area contributed by atoms with Crippen molar-refractivity contribution in [3.63, 3.8) is 0 Å². The molecule has 0 fully saturated rings. The summed E-state index contributed by atoms with van der Waals surface area (Å²) < 4.78 is 0. The normalized spacial score (nSPS) is 8.00. The lowest BCUT2D eigenvalue weighted by atomic mass is 10.3. The maximum Gasteiger partial charge on any atom is -0.0538 e. The van der Waals surface area contributed by atoms with Crippen LogP contribution in [0.1, 0.15) is 120 Å². The smallest absolute Gasteiger partial charge is 0.0538 e. The molecule has 0 spiro atoms. The zero-order chi connectivity index (χ0) is 15.1. The topological polar surface area (TPSA) is 0 Å². The predicted octanol–water partition coefficient (Wildman–Crippen LogP) is 8.01. The molecule has 0 aromatic carbocycles. The van der Waals surface area contributed by atoms with E-state index in [-0.39, 0.29) is 0 Å². The molecule has 0 aromatic rings. The van der Waals surface area contributed by atoms with Gasteiger partial charge in [-0.3, -0.25) is 0 Å². The molecule has 0 heteroatoms. The maximum atomic E-state index is 2.21. The Kier molecular flexibility index (Phi) is 64.2. The minimum atomic E-state index is 1.32. The number of hydrogen-bond donors (Lipinski definition) is 0.